The van der Waals surface area contributed by atoms with Gasteiger partial charge in [0.05, 0.1) is 13.0 Å². The van der Waals surface area contributed by atoms with Crippen LogP contribution >= 0.6 is 0 Å². The van der Waals surface area contributed by atoms with E-state index >= 15 is 0 Å². The summed E-state index contributed by atoms with van der Waals surface area (Å²) in [6.07, 6.45) is 9.05. The van der Waals surface area contributed by atoms with Crippen molar-refractivity contribution in [3.8, 4) is 0 Å². The van der Waals surface area contributed by atoms with Crippen molar-refractivity contribution < 1.29 is 34.1 Å². The lowest BCUT2D eigenvalue weighted by Crippen LogP contribution is -2.51. The van der Waals surface area contributed by atoms with Gasteiger partial charge in [-0.3, -0.25) is 14.4 Å². The minimum absolute atomic E-state index is 0.0769. The first kappa shape index (κ1) is 24.9. The number of aliphatic carboxylic acids is 1. The van der Waals surface area contributed by atoms with E-state index in [9.17, 15) is 19.2 Å². The van der Waals surface area contributed by atoms with E-state index < -0.39 is 30.5 Å². The summed E-state index contributed by atoms with van der Waals surface area (Å²) >= 11 is 0. The number of allylic oxidation sites excluding steroid dienone is 1. The van der Waals surface area contributed by atoms with Gasteiger partial charge in [-0.2, -0.15) is 0 Å². The Morgan fingerprint density at radius 1 is 1.09 bits per heavy atom. The number of rotatable bonds is 7. The maximum Gasteiger partial charge on any atom is 0.328 e. The van der Waals surface area contributed by atoms with Crippen molar-refractivity contribution in [3.05, 3.63) is 11.6 Å². The van der Waals surface area contributed by atoms with E-state index in [0.29, 0.717) is 24.2 Å². The van der Waals surface area contributed by atoms with Gasteiger partial charge in [-0.15, -0.1) is 0 Å². The van der Waals surface area contributed by atoms with Crippen molar-refractivity contribution >= 4 is 23.6 Å². The Hall–Kier alpha value is -2.22. The van der Waals surface area contributed by atoms with Gasteiger partial charge in [-0.25, -0.2) is 4.79 Å². The summed E-state index contributed by atoms with van der Waals surface area (Å²) in [5.74, 6) is -0.447. The van der Waals surface area contributed by atoms with Crippen LogP contribution in [-0.2, 0) is 23.9 Å². The number of hydrogen-bond donors (Lipinski definition) is 3. The average molecular weight is 476 g/mol. The van der Waals surface area contributed by atoms with E-state index in [-0.39, 0.29) is 35.6 Å². The minimum Gasteiger partial charge on any atom is -0.480 e. The summed E-state index contributed by atoms with van der Waals surface area (Å²) in [6.45, 7) is 3.90. The predicted molar refractivity (Wildman–Crippen MR) is 122 cm³/mol. The molecule has 0 bridgehead atoms. The van der Waals surface area contributed by atoms with Gasteiger partial charge in [0.15, 0.2) is 5.78 Å². The van der Waals surface area contributed by atoms with Gasteiger partial charge in [-0.05, 0) is 74.2 Å². The highest BCUT2D eigenvalue weighted by molar-refractivity contribution is 5.91. The number of ether oxygens (including phenoxy) is 1. The van der Waals surface area contributed by atoms with Gasteiger partial charge in [0.1, 0.15) is 12.1 Å². The molecule has 0 aliphatic heterocycles. The second kappa shape index (κ2) is 9.44. The molecule has 0 spiro atoms. The quantitative estimate of drug-likeness (QED) is 0.483. The standard InChI is InChI=1S/C26H37NO7/c1-25-11-9-16(29)13-15(25)3-4-17-18-5-6-21(26(18,2)12-10-19(17)25)34-23(31)8-7-22(30)27-20(14-28)24(32)33/h13,17-21,28H,3-12,14H2,1-2H3,(H,27,30)(H,32,33)/t17-,18-,19-,20-,21-,25-,26-/m0/s1. The number of fused-ring (bicyclic) bond motifs is 5. The summed E-state index contributed by atoms with van der Waals surface area (Å²) in [5.41, 5.74) is 1.38. The Labute approximate surface area is 200 Å². The van der Waals surface area contributed by atoms with E-state index in [0.717, 1.165) is 44.9 Å². The lowest BCUT2D eigenvalue weighted by atomic mass is 9.47. The van der Waals surface area contributed by atoms with Gasteiger partial charge in [0.2, 0.25) is 5.91 Å². The first-order chi connectivity index (χ1) is 16.1. The molecule has 0 aromatic carbocycles. The molecule has 3 N–H and O–H groups in total. The van der Waals surface area contributed by atoms with Gasteiger partial charge < -0.3 is 20.3 Å². The number of ketones is 1. The van der Waals surface area contributed by atoms with E-state index in [1.54, 1.807) is 0 Å². The third-order valence-electron chi connectivity index (χ3n) is 9.52. The highest BCUT2D eigenvalue weighted by atomic mass is 16.5. The normalized spacial score (nSPS) is 37.5. The first-order valence-electron chi connectivity index (χ1n) is 12.6. The molecule has 4 rings (SSSR count). The molecule has 4 aliphatic carbocycles. The largest absolute Gasteiger partial charge is 0.480 e. The third kappa shape index (κ3) is 4.41. The fraction of sp³-hybridized carbons (Fsp3) is 0.769. The molecule has 0 saturated heterocycles. The van der Waals surface area contributed by atoms with E-state index in [1.165, 1.54) is 5.57 Å². The van der Waals surface area contributed by atoms with Crippen LogP contribution in [0.2, 0.25) is 0 Å². The predicted octanol–water partition coefficient (Wildman–Crippen LogP) is 2.77. The number of carboxylic acid groups (broad SMARTS) is 1. The second-order valence-corrected chi connectivity index (χ2v) is 11.2. The number of carbonyl (C=O) groups excluding carboxylic acids is 3. The van der Waals surface area contributed by atoms with Crippen molar-refractivity contribution in [2.24, 2.45) is 28.6 Å². The van der Waals surface area contributed by atoms with E-state index in [2.05, 4.69) is 19.2 Å². The van der Waals surface area contributed by atoms with Gasteiger partial charge in [0, 0.05) is 18.3 Å². The van der Waals surface area contributed by atoms with Crippen LogP contribution in [0.25, 0.3) is 0 Å². The van der Waals surface area contributed by atoms with Crippen molar-refractivity contribution in [1.82, 2.24) is 5.32 Å². The number of esters is 1. The van der Waals surface area contributed by atoms with Crippen LogP contribution in [0.3, 0.4) is 0 Å². The molecule has 1 amide bonds. The van der Waals surface area contributed by atoms with Crippen molar-refractivity contribution in [1.29, 1.82) is 0 Å². The monoisotopic (exact) mass is 475 g/mol. The zero-order chi connectivity index (χ0) is 24.7. The highest BCUT2D eigenvalue weighted by Crippen LogP contribution is 2.65. The molecule has 0 aromatic rings. The third-order valence-corrected chi connectivity index (χ3v) is 9.52. The fourth-order valence-electron chi connectivity index (χ4n) is 7.59. The summed E-state index contributed by atoms with van der Waals surface area (Å²) in [4.78, 5) is 47.4. The lowest BCUT2D eigenvalue weighted by molar-refractivity contribution is -0.160. The Morgan fingerprint density at radius 2 is 1.85 bits per heavy atom. The molecule has 0 aromatic heterocycles. The zero-order valence-electron chi connectivity index (χ0n) is 20.2. The Morgan fingerprint density at radius 3 is 2.56 bits per heavy atom. The number of carbonyl (C=O) groups is 4. The highest BCUT2D eigenvalue weighted by Gasteiger charge is 2.59. The molecule has 188 valence electrons. The smallest absolute Gasteiger partial charge is 0.328 e. The average Bonchev–Trinajstić information content (AvgIpc) is 3.12. The zero-order valence-corrected chi connectivity index (χ0v) is 20.2. The van der Waals surface area contributed by atoms with Crippen LogP contribution in [-0.4, -0.2) is 52.6 Å². The summed E-state index contributed by atoms with van der Waals surface area (Å²) in [7, 11) is 0. The number of aliphatic hydroxyl groups is 1. The summed E-state index contributed by atoms with van der Waals surface area (Å²) < 4.78 is 5.90. The van der Waals surface area contributed by atoms with Crippen LogP contribution in [0, 0.1) is 28.6 Å². The Balaban J connectivity index is 1.35. The molecule has 0 heterocycles. The van der Waals surface area contributed by atoms with E-state index in [1.807, 2.05) is 6.08 Å². The van der Waals surface area contributed by atoms with Crippen LogP contribution in [0.5, 0.6) is 0 Å². The molecule has 8 nitrogen and oxygen atoms in total. The SMILES string of the molecule is C[C@]12CC[C@H]3[C@@H](CCC4=CC(=O)CC[C@@]43C)[C@@H]1CC[C@@H]2OC(=O)CCC(=O)N[C@@H](CO)C(=O)O. The molecular weight excluding hydrogens is 438 g/mol. The Bertz CT molecular complexity index is 898. The number of hydrogen-bond acceptors (Lipinski definition) is 6. The topological polar surface area (TPSA) is 130 Å². The molecule has 0 unspecified atom stereocenters. The van der Waals surface area contributed by atoms with Crippen LogP contribution in [0.4, 0.5) is 0 Å². The number of aliphatic hydroxyl groups excluding tert-OH is 1. The van der Waals surface area contributed by atoms with Crippen LogP contribution < -0.4 is 5.32 Å². The molecule has 0 radical (unpaired) electrons. The fourth-order valence-corrected chi connectivity index (χ4v) is 7.59. The van der Waals surface area contributed by atoms with Crippen molar-refractivity contribution in [2.45, 2.75) is 90.2 Å². The molecular formula is C26H37NO7. The maximum atomic E-state index is 12.6. The molecule has 3 saturated carbocycles. The number of carboxylic acids is 1. The molecule has 8 heteroatoms. The summed E-state index contributed by atoms with van der Waals surface area (Å²) in [6, 6.07) is -1.37. The molecule has 7 atom stereocenters. The second-order valence-electron chi connectivity index (χ2n) is 11.2. The molecule has 34 heavy (non-hydrogen) atoms. The van der Waals surface area contributed by atoms with Crippen LogP contribution in [0.15, 0.2) is 11.6 Å². The van der Waals surface area contributed by atoms with Crippen LogP contribution in [0.1, 0.15) is 78.1 Å². The van der Waals surface area contributed by atoms with Gasteiger partial charge in [-0.1, -0.05) is 19.4 Å². The lowest BCUT2D eigenvalue weighted by Gasteiger charge is -2.57. The van der Waals surface area contributed by atoms with Crippen molar-refractivity contribution in [2.75, 3.05) is 6.61 Å². The Kier molecular flexibility index (Phi) is 6.91. The number of nitrogens with one attached hydrogen (secondary N) is 1. The maximum absolute atomic E-state index is 12.6. The summed E-state index contributed by atoms with van der Waals surface area (Å²) in [5, 5.41) is 20.1. The van der Waals surface area contributed by atoms with Gasteiger partial charge >= 0.3 is 11.9 Å². The first-order valence-corrected chi connectivity index (χ1v) is 12.6. The van der Waals surface area contributed by atoms with Crippen molar-refractivity contribution in [3.63, 3.8) is 0 Å². The minimum atomic E-state index is -1.37. The molecule has 4 aliphatic rings. The number of amides is 1. The van der Waals surface area contributed by atoms with E-state index in [4.69, 9.17) is 14.9 Å². The van der Waals surface area contributed by atoms with Gasteiger partial charge in [0.25, 0.3) is 0 Å². The molecule has 3 fully saturated rings.